The molecule has 5 nitrogen and oxygen atoms in total. The first kappa shape index (κ1) is 18.9. The van der Waals surface area contributed by atoms with Gasteiger partial charge in [-0.1, -0.05) is 36.4 Å². The Morgan fingerprint density at radius 2 is 1.93 bits per heavy atom. The summed E-state index contributed by atoms with van der Waals surface area (Å²) in [6, 6.07) is 14.3. The highest BCUT2D eigenvalue weighted by atomic mass is 19.1. The normalized spacial score (nSPS) is 21.5. The van der Waals surface area contributed by atoms with Gasteiger partial charge >= 0.3 is 6.03 Å². The zero-order chi connectivity index (χ0) is 19.6. The van der Waals surface area contributed by atoms with Gasteiger partial charge in [0, 0.05) is 12.0 Å². The fourth-order valence-electron chi connectivity index (χ4n) is 3.66. The Labute approximate surface area is 158 Å². The van der Waals surface area contributed by atoms with Crippen LogP contribution in [0.25, 0.3) is 11.1 Å². The molecule has 2 amide bonds. The summed E-state index contributed by atoms with van der Waals surface area (Å²) in [6.45, 7) is 3.44. The number of nitrogens with one attached hydrogen (secondary N) is 1. The monoisotopic (exact) mass is 367 g/mol. The van der Waals surface area contributed by atoms with Gasteiger partial charge in [-0.15, -0.1) is 0 Å². The lowest BCUT2D eigenvalue weighted by molar-refractivity contribution is 0.0164. The van der Waals surface area contributed by atoms with E-state index in [0.717, 1.165) is 16.7 Å². The predicted molar refractivity (Wildman–Crippen MR) is 100 cm³/mol. The number of benzene rings is 2. The number of aliphatic hydroxyl groups is 1. The van der Waals surface area contributed by atoms with Gasteiger partial charge in [-0.25, -0.2) is 9.18 Å². The number of nitriles is 1. The number of aliphatic hydroxyl groups excluding tert-OH is 1. The number of carbonyl (C=O) groups is 1. The second kappa shape index (κ2) is 7.77. The largest absolute Gasteiger partial charge is 0.394 e. The van der Waals surface area contributed by atoms with E-state index in [0.29, 0.717) is 0 Å². The van der Waals surface area contributed by atoms with E-state index in [-0.39, 0.29) is 30.4 Å². The SMILES string of the molecule is CC(C)NC(=O)N1[C@H](C#N)[C@H](c2ccccc2-c2ccc(F)cc2)[C@@H]1CO. The molecule has 0 spiro atoms. The summed E-state index contributed by atoms with van der Waals surface area (Å²) in [6.07, 6.45) is 0. The van der Waals surface area contributed by atoms with Crippen molar-refractivity contribution in [3.05, 3.63) is 59.9 Å². The average molecular weight is 367 g/mol. The molecule has 0 aliphatic carbocycles. The molecule has 1 heterocycles. The number of urea groups is 1. The number of nitrogens with zero attached hydrogens (tertiary/aromatic N) is 2. The minimum atomic E-state index is -0.678. The van der Waals surface area contributed by atoms with E-state index >= 15 is 0 Å². The number of hydrogen-bond acceptors (Lipinski definition) is 3. The standard InChI is InChI=1S/C21H22FN3O2/c1-13(2)24-21(27)25-18(11-23)20(19(25)12-26)17-6-4-3-5-16(17)14-7-9-15(22)10-8-14/h3-10,13,18-20,26H,12H2,1-2H3,(H,24,27)/t18-,19+,20+/m1/s1. The van der Waals surface area contributed by atoms with Gasteiger partial charge in [-0.3, -0.25) is 0 Å². The van der Waals surface area contributed by atoms with Crippen molar-refractivity contribution in [3.8, 4) is 17.2 Å². The first-order valence-electron chi connectivity index (χ1n) is 8.92. The van der Waals surface area contributed by atoms with Crippen molar-refractivity contribution in [2.24, 2.45) is 0 Å². The Morgan fingerprint density at radius 3 is 2.52 bits per heavy atom. The molecule has 1 aliphatic rings. The third kappa shape index (κ3) is 3.51. The fourth-order valence-corrected chi connectivity index (χ4v) is 3.66. The van der Waals surface area contributed by atoms with Crippen LogP contribution in [-0.2, 0) is 0 Å². The molecule has 0 saturated carbocycles. The minimum absolute atomic E-state index is 0.0678. The molecule has 3 rings (SSSR count). The molecule has 0 aromatic heterocycles. The van der Waals surface area contributed by atoms with Gasteiger partial charge in [0.15, 0.2) is 0 Å². The molecule has 0 radical (unpaired) electrons. The highest BCUT2D eigenvalue weighted by Gasteiger charge is 2.52. The molecule has 1 saturated heterocycles. The fraction of sp³-hybridized carbons (Fsp3) is 0.333. The van der Waals surface area contributed by atoms with Crippen LogP contribution in [0.2, 0.25) is 0 Å². The van der Waals surface area contributed by atoms with Crippen LogP contribution >= 0.6 is 0 Å². The van der Waals surface area contributed by atoms with Crippen LogP contribution in [0.15, 0.2) is 48.5 Å². The van der Waals surface area contributed by atoms with Crippen molar-refractivity contribution >= 4 is 6.03 Å². The number of amides is 2. The zero-order valence-corrected chi connectivity index (χ0v) is 15.3. The molecule has 6 heteroatoms. The van der Waals surface area contributed by atoms with Gasteiger partial charge in [0.1, 0.15) is 11.9 Å². The van der Waals surface area contributed by atoms with Crippen LogP contribution in [0, 0.1) is 17.1 Å². The molecular formula is C21H22FN3O2. The van der Waals surface area contributed by atoms with E-state index in [1.54, 1.807) is 12.1 Å². The number of carbonyl (C=O) groups excluding carboxylic acids is 1. The smallest absolute Gasteiger partial charge is 0.319 e. The first-order valence-corrected chi connectivity index (χ1v) is 8.92. The number of likely N-dealkylation sites (tertiary alicyclic amines) is 1. The van der Waals surface area contributed by atoms with Gasteiger partial charge in [-0.2, -0.15) is 5.26 Å². The maximum Gasteiger partial charge on any atom is 0.319 e. The van der Waals surface area contributed by atoms with Crippen molar-refractivity contribution < 1.29 is 14.3 Å². The summed E-state index contributed by atoms with van der Waals surface area (Å²) in [5, 5.41) is 22.4. The zero-order valence-electron chi connectivity index (χ0n) is 15.3. The second-order valence-electron chi connectivity index (χ2n) is 6.96. The summed E-state index contributed by atoms with van der Waals surface area (Å²) in [5.74, 6) is -0.640. The van der Waals surface area contributed by atoms with Crippen molar-refractivity contribution in [3.63, 3.8) is 0 Å². The average Bonchev–Trinajstić information content (AvgIpc) is 2.62. The van der Waals surface area contributed by atoms with Crippen LogP contribution in [-0.4, -0.2) is 40.8 Å². The molecule has 1 aliphatic heterocycles. The molecule has 1 fully saturated rings. The number of rotatable bonds is 4. The van der Waals surface area contributed by atoms with E-state index < -0.39 is 12.1 Å². The van der Waals surface area contributed by atoms with Crippen LogP contribution in [0.4, 0.5) is 9.18 Å². The topological polar surface area (TPSA) is 76.4 Å². The molecule has 27 heavy (non-hydrogen) atoms. The van der Waals surface area contributed by atoms with Crippen molar-refractivity contribution in [2.45, 2.75) is 37.9 Å². The highest BCUT2D eigenvalue weighted by Crippen LogP contribution is 2.44. The first-order chi connectivity index (χ1) is 13.0. The van der Waals surface area contributed by atoms with E-state index in [1.165, 1.54) is 17.0 Å². The quantitative estimate of drug-likeness (QED) is 0.871. The van der Waals surface area contributed by atoms with Gasteiger partial charge in [0.25, 0.3) is 0 Å². The molecular weight excluding hydrogens is 345 g/mol. The molecule has 2 aromatic rings. The summed E-state index contributed by atoms with van der Waals surface area (Å²) in [4.78, 5) is 13.9. The third-order valence-electron chi connectivity index (χ3n) is 4.85. The second-order valence-corrected chi connectivity index (χ2v) is 6.96. The van der Waals surface area contributed by atoms with Crippen LogP contribution in [0.1, 0.15) is 25.3 Å². The van der Waals surface area contributed by atoms with Crippen molar-refractivity contribution in [2.75, 3.05) is 6.61 Å². The molecule has 3 atom stereocenters. The third-order valence-corrected chi connectivity index (χ3v) is 4.85. The van der Waals surface area contributed by atoms with E-state index in [4.69, 9.17) is 0 Å². The number of hydrogen-bond donors (Lipinski definition) is 2. The maximum atomic E-state index is 13.3. The summed E-state index contributed by atoms with van der Waals surface area (Å²) in [7, 11) is 0. The molecule has 2 N–H and O–H groups in total. The van der Waals surface area contributed by atoms with Gasteiger partial charge in [0.2, 0.25) is 0 Å². The number of halogens is 1. The predicted octanol–water partition coefficient (Wildman–Crippen LogP) is 3.26. The van der Waals surface area contributed by atoms with Crippen LogP contribution in [0.3, 0.4) is 0 Å². The maximum absolute atomic E-state index is 13.3. The van der Waals surface area contributed by atoms with E-state index in [9.17, 15) is 19.6 Å². The lowest BCUT2D eigenvalue weighted by atomic mass is 9.73. The van der Waals surface area contributed by atoms with Crippen molar-refractivity contribution in [1.82, 2.24) is 10.2 Å². The summed E-state index contributed by atoms with van der Waals surface area (Å²) < 4.78 is 13.3. The van der Waals surface area contributed by atoms with E-state index in [2.05, 4.69) is 11.4 Å². The molecule has 2 aromatic carbocycles. The molecule has 0 bridgehead atoms. The Balaban J connectivity index is 1.98. The summed E-state index contributed by atoms with van der Waals surface area (Å²) >= 11 is 0. The molecule has 140 valence electrons. The van der Waals surface area contributed by atoms with Gasteiger partial charge < -0.3 is 15.3 Å². The van der Waals surface area contributed by atoms with Crippen molar-refractivity contribution in [1.29, 1.82) is 5.26 Å². The summed E-state index contributed by atoms with van der Waals surface area (Å²) in [5.41, 5.74) is 2.55. The Bertz CT molecular complexity index is 860. The van der Waals surface area contributed by atoms with E-state index in [1.807, 2.05) is 38.1 Å². The van der Waals surface area contributed by atoms with Gasteiger partial charge in [-0.05, 0) is 42.7 Å². The lowest BCUT2D eigenvalue weighted by Gasteiger charge is -2.52. The highest BCUT2D eigenvalue weighted by molar-refractivity contribution is 5.78. The van der Waals surface area contributed by atoms with Crippen LogP contribution < -0.4 is 5.32 Å². The van der Waals surface area contributed by atoms with Gasteiger partial charge in [0.05, 0.1) is 18.7 Å². The Kier molecular flexibility index (Phi) is 5.43. The molecule has 0 unspecified atom stereocenters. The Hall–Kier alpha value is -2.91. The Morgan fingerprint density at radius 1 is 1.26 bits per heavy atom. The van der Waals surface area contributed by atoms with Crippen LogP contribution in [0.5, 0.6) is 0 Å². The minimum Gasteiger partial charge on any atom is -0.394 e. The lowest BCUT2D eigenvalue weighted by Crippen LogP contribution is -2.67.